The Labute approximate surface area is 267 Å². The maximum absolute atomic E-state index is 13.7. The number of carbonyl (C=O) groups is 1. The van der Waals surface area contributed by atoms with Gasteiger partial charge in [0.05, 0.1) is 35.0 Å². The SMILES string of the molecule is C=CC(=O)Nc1cc(Nc2cc(-c3ccc(NC)c(C=N)c3)ncn2)c(OC(F)F)cc1N1CCC(N2C[C@@H](C)O[C@@H](C)C2)CC1. The number of anilines is 5. The lowest BCUT2D eigenvalue weighted by Gasteiger charge is -2.44. The van der Waals surface area contributed by atoms with E-state index in [1.54, 1.807) is 19.2 Å². The molecule has 0 bridgehead atoms. The van der Waals surface area contributed by atoms with Crippen molar-refractivity contribution in [1.29, 1.82) is 5.41 Å². The predicted octanol–water partition coefficient (Wildman–Crippen LogP) is 5.73. The van der Waals surface area contributed by atoms with Crippen LogP contribution in [0.1, 0.15) is 32.3 Å². The smallest absolute Gasteiger partial charge is 0.387 e. The Morgan fingerprint density at radius 3 is 2.48 bits per heavy atom. The van der Waals surface area contributed by atoms with Crippen LogP contribution >= 0.6 is 0 Å². The molecular formula is C33H40F2N8O3. The Hall–Kier alpha value is -4.62. The van der Waals surface area contributed by atoms with Gasteiger partial charge in [0.1, 0.15) is 12.1 Å². The van der Waals surface area contributed by atoms with Crippen LogP contribution in [0.3, 0.4) is 0 Å². The number of rotatable bonds is 11. The molecule has 2 atom stereocenters. The van der Waals surface area contributed by atoms with Gasteiger partial charge in [-0.15, -0.1) is 0 Å². The highest BCUT2D eigenvalue weighted by atomic mass is 19.3. The van der Waals surface area contributed by atoms with Crippen LogP contribution in [-0.2, 0) is 9.53 Å². The summed E-state index contributed by atoms with van der Waals surface area (Å²) in [5.41, 5.74) is 3.96. The van der Waals surface area contributed by atoms with E-state index in [9.17, 15) is 13.6 Å². The molecule has 0 spiro atoms. The summed E-state index contributed by atoms with van der Waals surface area (Å²) in [5, 5.41) is 16.7. The molecule has 5 rings (SSSR count). The molecule has 46 heavy (non-hydrogen) atoms. The standard InChI is InChI=1S/C33H40F2N8O3/c1-5-32(44)41-27-13-28(40-31-14-26(38-19-39-31)22-6-7-25(37-4)23(12-22)16-36)30(46-33(34)35)15-29(27)42-10-8-24(9-11-42)43-17-20(2)45-21(3)18-43/h5-7,12-16,19-21,24,33,36-37H,1,8-11,17-18H2,2-4H3,(H,41,44)(H,38,39,40)/t20-,21+. The van der Waals surface area contributed by atoms with Crippen molar-refractivity contribution in [2.24, 2.45) is 0 Å². The molecule has 2 saturated heterocycles. The van der Waals surface area contributed by atoms with Gasteiger partial charge in [-0.1, -0.05) is 12.6 Å². The third-order valence-electron chi connectivity index (χ3n) is 8.23. The second kappa shape index (κ2) is 14.6. The summed E-state index contributed by atoms with van der Waals surface area (Å²) in [5.74, 6) is -0.205. The molecule has 1 amide bonds. The van der Waals surface area contributed by atoms with E-state index in [0.717, 1.165) is 43.3 Å². The number of halogens is 2. The average molecular weight is 635 g/mol. The number of piperidine rings is 1. The van der Waals surface area contributed by atoms with Gasteiger partial charge in [-0.05, 0) is 51.0 Å². The molecule has 13 heteroatoms. The Bertz CT molecular complexity index is 1550. The van der Waals surface area contributed by atoms with E-state index in [1.807, 2.05) is 18.2 Å². The molecule has 3 heterocycles. The summed E-state index contributed by atoms with van der Waals surface area (Å²) in [4.78, 5) is 25.7. The number of carbonyl (C=O) groups excluding carboxylic acids is 1. The number of aromatic nitrogens is 2. The monoisotopic (exact) mass is 634 g/mol. The molecular weight excluding hydrogens is 594 g/mol. The highest BCUT2D eigenvalue weighted by Gasteiger charge is 2.31. The fourth-order valence-corrected chi connectivity index (χ4v) is 6.18. The molecule has 1 aromatic heterocycles. The van der Waals surface area contributed by atoms with Gasteiger partial charge >= 0.3 is 6.61 Å². The Morgan fingerprint density at radius 2 is 1.83 bits per heavy atom. The third-order valence-corrected chi connectivity index (χ3v) is 8.23. The first kappa shape index (κ1) is 32.8. The molecule has 0 radical (unpaired) electrons. The summed E-state index contributed by atoms with van der Waals surface area (Å²) in [6, 6.07) is 10.7. The van der Waals surface area contributed by atoms with Gasteiger partial charge < -0.3 is 35.7 Å². The predicted molar refractivity (Wildman–Crippen MR) is 177 cm³/mol. The lowest BCUT2D eigenvalue weighted by molar-refractivity contribution is -0.111. The maximum Gasteiger partial charge on any atom is 0.387 e. The second-order valence-corrected chi connectivity index (χ2v) is 11.5. The Kier molecular flexibility index (Phi) is 10.4. The summed E-state index contributed by atoms with van der Waals surface area (Å²) in [6.07, 6.45) is 5.84. The molecule has 11 nitrogen and oxygen atoms in total. The van der Waals surface area contributed by atoms with Crippen molar-refractivity contribution in [2.45, 2.75) is 51.6 Å². The Morgan fingerprint density at radius 1 is 1.09 bits per heavy atom. The number of amides is 1. The number of hydrogen-bond donors (Lipinski definition) is 4. The van der Waals surface area contributed by atoms with Gasteiger partial charge in [-0.2, -0.15) is 8.78 Å². The number of nitrogens with one attached hydrogen (secondary N) is 4. The molecule has 244 valence electrons. The minimum absolute atomic E-state index is 0.0933. The molecule has 0 saturated carbocycles. The highest BCUT2D eigenvalue weighted by molar-refractivity contribution is 6.02. The van der Waals surface area contributed by atoms with Crippen LogP contribution in [0.15, 0.2) is 55.4 Å². The summed E-state index contributed by atoms with van der Waals surface area (Å²) in [6.45, 7) is 7.75. The molecule has 0 unspecified atom stereocenters. The second-order valence-electron chi connectivity index (χ2n) is 11.5. The minimum Gasteiger partial charge on any atom is -0.433 e. The van der Waals surface area contributed by atoms with Gasteiger partial charge in [0.15, 0.2) is 5.75 Å². The molecule has 3 aromatic rings. The van der Waals surface area contributed by atoms with Crippen LogP contribution in [-0.4, -0.2) is 85.1 Å². The molecule has 0 aliphatic carbocycles. The molecule has 2 aromatic carbocycles. The Balaban J connectivity index is 1.43. The number of nitrogens with zero attached hydrogens (tertiary/aromatic N) is 4. The first-order chi connectivity index (χ1) is 22.2. The molecule has 2 fully saturated rings. The minimum atomic E-state index is -3.08. The molecule has 2 aliphatic heterocycles. The normalized spacial score (nSPS) is 19.0. The number of ether oxygens (including phenoxy) is 2. The molecule has 2 aliphatic rings. The van der Waals surface area contributed by atoms with E-state index in [0.29, 0.717) is 47.6 Å². The van der Waals surface area contributed by atoms with E-state index in [-0.39, 0.29) is 23.6 Å². The zero-order valence-electron chi connectivity index (χ0n) is 26.2. The van der Waals surface area contributed by atoms with Crippen LogP contribution in [0.5, 0.6) is 5.75 Å². The van der Waals surface area contributed by atoms with Crippen LogP contribution in [0.4, 0.5) is 37.3 Å². The topological polar surface area (TPSA) is 128 Å². The van der Waals surface area contributed by atoms with Gasteiger partial charge in [-0.3, -0.25) is 9.69 Å². The summed E-state index contributed by atoms with van der Waals surface area (Å²) < 4.78 is 38.3. The molecule has 4 N–H and O–H groups in total. The highest BCUT2D eigenvalue weighted by Crippen LogP contribution is 2.41. The van der Waals surface area contributed by atoms with Gasteiger partial charge in [0.2, 0.25) is 5.91 Å². The van der Waals surface area contributed by atoms with Crippen LogP contribution in [0.25, 0.3) is 11.3 Å². The van der Waals surface area contributed by atoms with Crippen molar-refractivity contribution in [2.75, 3.05) is 54.1 Å². The fourth-order valence-electron chi connectivity index (χ4n) is 6.18. The fraction of sp³-hybridized carbons (Fsp3) is 0.394. The lowest BCUT2D eigenvalue weighted by Crippen LogP contribution is -2.53. The number of hydrogen-bond acceptors (Lipinski definition) is 10. The van der Waals surface area contributed by atoms with Gasteiger partial charge in [0, 0.05) is 74.4 Å². The van der Waals surface area contributed by atoms with Gasteiger partial charge in [-0.25, -0.2) is 9.97 Å². The van der Waals surface area contributed by atoms with Crippen molar-refractivity contribution in [3.8, 4) is 17.0 Å². The first-order valence-electron chi connectivity index (χ1n) is 15.3. The van der Waals surface area contributed by atoms with Crippen molar-refractivity contribution < 1.29 is 23.0 Å². The number of benzene rings is 2. The van der Waals surface area contributed by atoms with Crippen molar-refractivity contribution in [1.82, 2.24) is 14.9 Å². The first-order valence-corrected chi connectivity index (χ1v) is 15.3. The third kappa shape index (κ3) is 7.77. The summed E-state index contributed by atoms with van der Waals surface area (Å²) >= 11 is 0. The van der Waals surface area contributed by atoms with E-state index in [4.69, 9.17) is 14.9 Å². The van der Waals surface area contributed by atoms with Crippen molar-refractivity contribution in [3.05, 3.63) is 60.9 Å². The van der Waals surface area contributed by atoms with E-state index < -0.39 is 12.5 Å². The van der Waals surface area contributed by atoms with E-state index >= 15 is 0 Å². The van der Waals surface area contributed by atoms with E-state index in [1.165, 1.54) is 18.6 Å². The van der Waals surface area contributed by atoms with Crippen molar-refractivity contribution >= 4 is 40.7 Å². The van der Waals surface area contributed by atoms with Crippen LogP contribution < -0.4 is 25.6 Å². The lowest BCUT2D eigenvalue weighted by atomic mass is 10.00. The van der Waals surface area contributed by atoms with Crippen LogP contribution in [0.2, 0.25) is 0 Å². The quantitative estimate of drug-likeness (QED) is 0.154. The maximum atomic E-state index is 13.7. The van der Waals surface area contributed by atoms with E-state index in [2.05, 4.69) is 56.1 Å². The number of alkyl halides is 2. The van der Waals surface area contributed by atoms with Crippen LogP contribution in [0, 0.1) is 5.41 Å². The zero-order valence-corrected chi connectivity index (χ0v) is 26.2. The largest absolute Gasteiger partial charge is 0.433 e. The average Bonchev–Trinajstić information content (AvgIpc) is 3.05. The zero-order chi connectivity index (χ0) is 32.8. The van der Waals surface area contributed by atoms with Gasteiger partial charge in [0.25, 0.3) is 0 Å². The summed E-state index contributed by atoms with van der Waals surface area (Å²) in [7, 11) is 1.78. The van der Waals surface area contributed by atoms with Crippen molar-refractivity contribution in [3.63, 3.8) is 0 Å². The number of morpholine rings is 1.